The van der Waals surface area contributed by atoms with E-state index in [1.165, 1.54) is 16.7 Å². The number of hydrogen-bond acceptors (Lipinski definition) is 4. The normalized spacial score (nSPS) is 30.0. The van der Waals surface area contributed by atoms with Crippen LogP contribution >= 0.6 is 0 Å². The maximum atomic E-state index is 12.8. The van der Waals surface area contributed by atoms with Gasteiger partial charge in [0.05, 0.1) is 19.1 Å². The van der Waals surface area contributed by atoms with Crippen molar-refractivity contribution in [1.29, 1.82) is 0 Å². The minimum Gasteiger partial charge on any atom is -0.497 e. The van der Waals surface area contributed by atoms with Crippen LogP contribution in [0, 0.1) is 17.3 Å². The molecule has 4 heteroatoms. The number of methoxy groups -OCH3 is 1. The predicted molar refractivity (Wildman–Crippen MR) is 137 cm³/mol. The van der Waals surface area contributed by atoms with Crippen molar-refractivity contribution in [2.75, 3.05) is 13.7 Å². The molecule has 4 atom stereocenters. The van der Waals surface area contributed by atoms with E-state index in [-0.39, 0.29) is 41.6 Å². The van der Waals surface area contributed by atoms with Crippen molar-refractivity contribution < 1.29 is 19.1 Å². The van der Waals surface area contributed by atoms with E-state index in [0.29, 0.717) is 37.1 Å². The standard InChI is InChI=1S/C25H28O4.4CH4/c1-25-14-29-24(15-3-7-18(28-2)8-4-15)23-19-10-6-17(26)13-16(19)5-9-20(23)21(25)11-12-22(25)27;;;;/h3-4,7-8,13,20-21,24H,5-6,9-12,14H2,1-2H3;4*1H4/t20?,21?,24-,25+;;;;/m1..../s1. The van der Waals surface area contributed by atoms with Crippen LogP contribution in [0.25, 0.3) is 0 Å². The summed E-state index contributed by atoms with van der Waals surface area (Å²) in [7, 11) is 1.67. The highest BCUT2D eigenvalue weighted by Gasteiger charge is 2.54. The number of ether oxygens (including phenoxy) is 2. The molecule has 1 aromatic rings. The van der Waals surface area contributed by atoms with Gasteiger partial charge in [-0.25, -0.2) is 0 Å². The number of fused-ring (bicyclic) bond motifs is 4. The molecule has 1 saturated heterocycles. The minimum atomic E-state index is -0.399. The van der Waals surface area contributed by atoms with Crippen LogP contribution in [0.15, 0.2) is 47.1 Å². The van der Waals surface area contributed by atoms with Crippen LogP contribution in [0.3, 0.4) is 0 Å². The summed E-state index contributed by atoms with van der Waals surface area (Å²) >= 11 is 0. The third-order valence-corrected chi connectivity index (χ3v) is 7.69. The topological polar surface area (TPSA) is 52.6 Å². The average Bonchev–Trinajstić information content (AvgIpc) is 2.95. The molecule has 0 radical (unpaired) electrons. The van der Waals surface area contributed by atoms with E-state index in [4.69, 9.17) is 9.47 Å². The Labute approximate surface area is 201 Å². The van der Waals surface area contributed by atoms with Gasteiger partial charge in [-0.3, -0.25) is 9.59 Å². The molecule has 1 heterocycles. The fourth-order valence-corrected chi connectivity index (χ4v) is 6.11. The Balaban J connectivity index is 0.00000136. The van der Waals surface area contributed by atoms with E-state index in [1.54, 1.807) is 7.11 Å². The summed E-state index contributed by atoms with van der Waals surface area (Å²) in [5, 5.41) is 0. The fraction of sp³-hybridized carbons (Fsp3) is 0.586. The lowest BCUT2D eigenvalue weighted by molar-refractivity contribution is -0.130. The fourth-order valence-electron chi connectivity index (χ4n) is 6.11. The van der Waals surface area contributed by atoms with Crippen LogP contribution < -0.4 is 4.74 Å². The van der Waals surface area contributed by atoms with E-state index in [0.717, 1.165) is 37.0 Å². The van der Waals surface area contributed by atoms with Gasteiger partial charge in [-0.1, -0.05) is 48.8 Å². The first kappa shape index (κ1) is 28.8. The number of benzene rings is 1. The van der Waals surface area contributed by atoms with E-state index in [1.807, 2.05) is 18.2 Å². The number of ketones is 2. The van der Waals surface area contributed by atoms with Gasteiger partial charge in [0.1, 0.15) is 17.6 Å². The van der Waals surface area contributed by atoms with Crippen molar-refractivity contribution >= 4 is 11.6 Å². The number of rotatable bonds is 2. The quantitative estimate of drug-likeness (QED) is 0.469. The molecule has 184 valence electrons. The van der Waals surface area contributed by atoms with Gasteiger partial charge in [0.15, 0.2) is 5.78 Å². The zero-order valence-corrected chi connectivity index (χ0v) is 17.2. The SMILES string of the molecule is C.C.C.C.COc1ccc([C@H]2OC[C@]3(C)C(=O)CCC3C3CCC4=CC(=O)CCC4=C32)cc1. The number of allylic oxidation sites excluding steroid dienone is 3. The molecule has 4 aliphatic rings. The average molecular weight is 457 g/mol. The number of carbonyl (C=O) groups is 2. The van der Waals surface area contributed by atoms with Crippen LogP contribution in [0.5, 0.6) is 5.75 Å². The highest BCUT2D eigenvalue weighted by molar-refractivity contribution is 5.93. The van der Waals surface area contributed by atoms with Crippen LogP contribution in [-0.4, -0.2) is 25.3 Å². The second kappa shape index (κ2) is 10.8. The summed E-state index contributed by atoms with van der Waals surface area (Å²) in [6.07, 6.45) is 6.62. The number of Topliss-reactive ketones (excluding diaryl/α,β-unsaturated/α-hetero) is 1. The van der Waals surface area contributed by atoms with E-state index in [9.17, 15) is 9.59 Å². The largest absolute Gasteiger partial charge is 0.497 e. The molecule has 2 fully saturated rings. The van der Waals surface area contributed by atoms with Gasteiger partial charge in [0, 0.05) is 12.8 Å². The maximum Gasteiger partial charge on any atom is 0.156 e. The molecule has 4 nitrogen and oxygen atoms in total. The van der Waals surface area contributed by atoms with Crippen molar-refractivity contribution in [3.05, 3.63) is 52.6 Å². The van der Waals surface area contributed by atoms with Crippen LogP contribution in [-0.2, 0) is 14.3 Å². The smallest absolute Gasteiger partial charge is 0.156 e. The maximum absolute atomic E-state index is 12.8. The molecule has 0 aromatic heterocycles. The Hall–Kier alpha value is -2.20. The molecule has 1 aromatic carbocycles. The van der Waals surface area contributed by atoms with Crippen LogP contribution in [0.4, 0.5) is 0 Å². The monoisotopic (exact) mass is 456 g/mol. The lowest BCUT2D eigenvalue weighted by Crippen LogP contribution is -2.36. The molecule has 1 aliphatic heterocycles. The summed E-state index contributed by atoms with van der Waals surface area (Å²) in [5.74, 6) is 2.09. The van der Waals surface area contributed by atoms with Crippen LogP contribution in [0.2, 0.25) is 0 Å². The van der Waals surface area contributed by atoms with Gasteiger partial charge >= 0.3 is 0 Å². The molecular weight excluding hydrogens is 412 g/mol. The van der Waals surface area contributed by atoms with Gasteiger partial charge < -0.3 is 9.47 Å². The molecule has 0 amide bonds. The highest BCUT2D eigenvalue weighted by Crippen LogP contribution is 2.57. The number of hydrogen-bond donors (Lipinski definition) is 0. The van der Waals surface area contributed by atoms with E-state index >= 15 is 0 Å². The third kappa shape index (κ3) is 4.59. The van der Waals surface area contributed by atoms with Gasteiger partial charge in [-0.2, -0.15) is 0 Å². The Morgan fingerprint density at radius 3 is 2.30 bits per heavy atom. The molecule has 33 heavy (non-hydrogen) atoms. The van der Waals surface area contributed by atoms with Crippen molar-refractivity contribution in [1.82, 2.24) is 0 Å². The third-order valence-electron chi connectivity index (χ3n) is 7.69. The van der Waals surface area contributed by atoms with Gasteiger partial charge in [-0.15, -0.1) is 0 Å². The lowest BCUT2D eigenvalue weighted by atomic mass is 9.64. The molecule has 3 aliphatic carbocycles. The summed E-state index contributed by atoms with van der Waals surface area (Å²) < 4.78 is 11.9. The summed E-state index contributed by atoms with van der Waals surface area (Å²) in [5.41, 5.74) is 4.56. The first-order chi connectivity index (χ1) is 14.0. The zero-order chi connectivity index (χ0) is 20.2. The predicted octanol–water partition coefficient (Wildman–Crippen LogP) is 7.29. The highest BCUT2D eigenvalue weighted by atomic mass is 16.5. The second-order valence-corrected chi connectivity index (χ2v) is 9.16. The Bertz CT molecular complexity index is 923. The molecule has 5 rings (SSSR count). The first-order valence-corrected chi connectivity index (χ1v) is 10.8. The Morgan fingerprint density at radius 2 is 1.64 bits per heavy atom. The molecule has 2 unspecified atom stereocenters. The Morgan fingerprint density at radius 1 is 0.939 bits per heavy atom. The second-order valence-electron chi connectivity index (χ2n) is 9.16. The van der Waals surface area contributed by atoms with E-state index in [2.05, 4.69) is 19.1 Å². The molecule has 1 saturated carbocycles. The van der Waals surface area contributed by atoms with Crippen LogP contribution in [0.1, 0.15) is 86.8 Å². The first-order valence-electron chi connectivity index (χ1n) is 10.8. The molecule has 0 N–H and O–H groups in total. The molecular formula is C29H44O4. The summed E-state index contributed by atoms with van der Waals surface area (Å²) in [6.45, 7) is 2.58. The zero-order valence-electron chi connectivity index (χ0n) is 17.2. The minimum absolute atomic E-state index is 0. The van der Waals surface area contributed by atoms with Gasteiger partial charge in [0.25, 0.3) is 0 Å². The molecule has 0 bridgehead atoms. The number of carbonyl (C=O) groups excluding carboxylic acids is 2. The lowest BCUT2D eigenvalue weighted by Gasteiger charge is -2.39. The van der Waals surface area contributed by atoms with Crippen molar-refractivity contribution in [3.63, 3.8) is 0 Å². The van der Waals surface area contributed by atoms with Crippen molar-refractivity contribution in [2.45, 2.75) is 81.3 Å². The summed E-state index contributed by atoms with van der Waals surface area (Å²) in [4.78, 5) is 24.9. The van der Waals surface area contributed by atoms with Gasteiger partial charge in [0.2, 0.25) is 0 Å². The van der Waals surface area contributed by atoms with Crippen molar-refractivity contribution in [3.8, 4) is 5.75 Å². The Kier molecular flexibility index (Phi) is 9.45. The van der Waals surface area contributed by atoms with Crippen molar-refractivity contribution in [2.24, 2.45) is 17.3 Å². The van der Waals surface area contributed by atoms with Gasteiger partial charge in [-0.05, 0) is 78.0 Å². The summed E-state index contributed by atoms with van der Waals surface area (Å²) in [6, 6.07) is 8.10. The molecule has 0 spiro atoms. The van der Waals surface area contributed by atoms with E-state index < -0.39 is 5.41 Å².